The Morgan fingerprint density at radius 3 is 2.41 bits per heavy atom. The Balaban J connectivity index is 0.00000441. The lowest BCUT2D eigenvalue weighted by Gasteiger charge is -2.18. The molecule has 0 bridgehead atoms. The highest BCUT2D eigenvalue weighted by Gasteiger charge is 2.11. The monoisotopic (exact) mass is 328 g/mol. The molecule has 4 nitrogen and oxygen atoms in total. The highest BCUT2D eigenvalue weighted by atomic mass is 35.5. The van der Waals surface area contributed by atoms with Crippen molar-refractivity contribution in [1.29, 1.82) is 0 Å². The van der Waals surface area contributed by atoms with Gasteiger partial charge < -0.3 is 15.0 Å². The molecule has 1 aromatic rings. The number of amides is 1. The molecule has 0 spiro atoms. The van der Waals surface area contributed by atoms with Crippen LogP contribution in [-0.2, 0) is 4.79 Å². The smallest absolute Gasteiger partial charge is 0.224 e. The minimum Gasteiger partial charge on any atom is -0.495 e. The van der Waals surface area contributed by atoms with Crippen molar-refractivity contribution in [3.63, 3.8) is 0 Å². The third kappa shape index (κ3) is 6.24. The van der Waals surface area contributed by atoms with Gasteiger partial charge in [-0.15, -0.1) is 12.4 Å². The van der Waals surface area contributed by atoms with Gasteiger partial charge in [-0.25, -0.2) is 0 Å². The third-order valence-electron chi connectivity index (χ3n) is 3.70. The van der Waals surface area contributed by atoms with Crippen LogP contribution in [0.15, 0.2) is 12.1 Å². The zero-order chi connectivity index (χ0) is 15.8. The van der Waals surface area contributed by atoms with Crippen LogP contribution in [0.25, 0.3) is 0 Å². The van der Waals surface area contributed by atoms with E-state index in [2.05, 4.69) is 24.1 Å². The molecule has 0 aromatic heterocycles. The summed E-state index contributed by atoms with van der Waals surface area (Å²) in [6.45, 7) is 11.3. The fourth-order valence-corrected chi connectivity index (χ4v) is 2.45. The first-order valence-corrected chi connectivity index (χ1v) is 7.69. The number of anilines is 1. The second-order valence-electron chi connectivity index (χ2n) is 5.34. The number of benzene rings is 1. The van der Waals surface area contributed by atoms with Gasteiger partial charge in [-0.05, 0) is 57.1 Å². The number of hydrogen-bond acceptors (Lipinski definition) is 3. The van der Waals surface area contributed by atoms with Gasteiger partial charge in [0.05, 0.1) is 12.8 Å². The van der Waals surface area contributed by atoms with Crippen molar-refractivity contribution >= 4 is 24.0 Å². The van der Waals surface area contributed by atoms with Gasteiger partial charge in [-0.1, -0.05) is 19.9 Å². The third-order valence-corrected chi connectivity index (χ3v) is 3.70. The normalized spacial score (nSPS) is 10.3. The van der Waals surface area contributed by atoms with Gasteiger partial charge >= 0.3 is 0 Å². The summed E-state index contributed by atoms with van der Waals surface area (Å²) in [6.07, 6.45) is 1.41. The molecular formula is C17H29ClN2O2. The molecule has 0 aliphatic rings. The van der Waals surface area contributed by atoms with Crippen molar-refractivity contribution < 1.29 is 9.53 Å². The quantitative estimate of drug-likeness (QED) is 0.789. The maximum absolute atomic E-state index is 12.1. The van der Waals surface area contributed by atoms with Crippen LogP contribution in [-0.4, -0.2) is 37.6 Å². The number of halogens is 1. The summed E-state index contributed by atoms with van der Waals surface area (Å²) in [5.41, 5.74) is 2.95. The average molecular weight is 329 g/mol. The van der Waals surface area contributed by atoms with Gasteiger partial charge in [0.1, 0.15) is 5.75 Å². The second-order valence-corrected chi connectivity index (χ2v) is 5.34. The molecule has 1 aromatic carbocycles. The number of nitrogens with zero attached hydrogens (tertiary/aromatic N) is 1. The molecule has 0 aliphatic carbocycles. The first kappa shape index (κ1) is 20.7. The van der Waals surface area contributed by atoms with E-state index in [0.29, 0.717) is 6.42 Å². The number of nitrogens with one attached hydrogen (secondary N) is 1. The highest BCUT2D eigenvalue weighted by Crippen LogP contribution is 2.29. The van der Waals surface area contributed by atoms with Crippen molar-refractivity contribution in [3.8, 4) is 5.75 Å². The van der Waals surface area contributed by atoms with E-state index in [1.165, 1.54) is 0 Å². The van der Waals surface area contributed by atoms with E-state index < -0.39 is 0 Å². The molecule has 126 valence electrons. The number of methoxy groups -OCH3 is 1. The number of ether oxygens (including phenoxy) is 1. The molecule has 0 atom stereocenters. The number of hydrogen-bond donors (Lipinski definition) is 1. The molecule has 22 heavy (non-hydrogen) atoms. The number of aryl methyl sites for hydroxylation is 2. The molecule has 0 unspecified atom stereocenters. The topological polar surface area (TPSA) is 41.6 Å². The van der Waals surface area contributed by atoms with Gasteiger partial charge in [0, 0.05) is 6.42 Å². The van der Waals surface area contributed by atoms with Crippen LogP contribution in [0.1, 0.15) is 37.8 Å². The van der Waals surface area contributed by atoms with Crippen molar-refractivity contribution in [1.82, 2.24) is 4.90 Å². The van der Waals surface area contributed by atoms with E-state index in [9.17, 15) is 4.79 Å². The molecule has 0 radical (unpaired) electrons. The van der Waals surface area contributed by atoms with E-state index >= 15 is 0 Å². The van der Waals surface area contributed by atoms with E-state index in [1.54, 1.807) is 7.11 Å². The summed E-state index contributed by atoms with van der Waals surface area (Å²) in [7, 11) is 1.63. The van der Waals surface area contributed by atoms with E-state index in [4.69, 9.17) is 4.74 Å². The molecule has 0 fully saturated rings. The van der Waals surface area contributed by atoms with Crippen LogP contribution in [0.5, 0.6) is 5.75 Å². The van der Waals surface area contributed by atoms with Crippen molar-refractivity contribution in [2.45, 2.75) is 40.5 Å². The van der Waals surface area contributed by atoms with Gasteiger partial charge in [0.15, 0.2) is 0 Å². The molecule has 0 heterocycles. The van der Waals surface area contributed by atoms with E-state index in [1.807, 2.05) is 26.0 Å². The van der Waals surface area contributed by atoms with Crippen LogP contribution in [0.3, 0.4) is 0 Å². The molecule has 1 rings (SSSR count). The summed E-state index contributed by atoms with van der Waals surface area (Å²) in [4.78, 5) is 14.4. The van der Waals surface area contributed by atoms with E-state index in [0.717, 1.165) is 48.6 Å². The van der Waals surface area contributed by atoms with Crippen LogP contribution in [0.4, 0.5) is 5.69 Å². The fraction of sp³-hybridized carbons (Fsp3) is 0.588. The SMILES string of the molecule is CCN(CC)CCCC(=O)Nc1c(C)cc(C)cc1OC.Cl. The molecule has 0 aliphatic heterocycles. The zero-order valence-corrected chi connectivity index (χ0v) is 15.2. The van der Waals surface area contributed by atoms with Crippen LogP contribution < -0.4 is 10.1 Å². The Kier molecular flexibility index (Phi) is 9.86. The summed E-state index contributed by atoms with van der Waals surface area (Å²) in [5.74, 6) is 0.775. The lowest BCUT2D eigenvalue weighted by molar-refractivity contribution is -0.116. The molecule has 1 amide bonds. The predicted octanol–water partition coefficient (Wildman–Crippen LogP) is 3.79. The first-order valence-electron chi connectivity index (χ1n) is 7.69. The number of rotatable bonds is 8. The molecule has 1 N–H and O–H groups in total. The van der Waals surface area contributed by atoms with E-state index in [-0.39, 0.29) is 18.3 Å². The van der Waals surface area contributed by atoms with Gasteiger partial charge in [0.2, 0.25) is 5.91 Å². The van der Waals surface area contributed by atoms with Crippen molar-refractivity contribution in [2.75, 3.05) is 32.1 Å². The van der Waals surface area contributed by atoms with Gasteiger partial charge in [-0.2, -0.15) is 0 Å². The lowest BCUT2D eigenvalue weighted by atomic mass is 10.1. The molecule has 0 saturated carbocycles. The average Bonchev–Trinajstić information content (AvgIpc) is 2.46. The van der Waals surface area contributed by atoms with Crippen molar-refractivity contribution in [2.24, 2.45) is 0 Å². The van der Waals surface area contributed by atoms with Crippen molar-refractivity contribution in [3.05, 3.63) is 23.3 Å². The Morgan fingerprint density at radius 1 is 1.23 bits per heavy atom. The summed E-state index contributed by atoms with van der Waals surface area (Å²) < 4.78 is 5.36. The Morgan fingerprint density at radius 2 is 1.86 bits per heavy atom. The highest BCUT2D eigenvalue weighted by molar-refractivity contribution is 5.93. The fourth-order valence-electron chi connectivity index (χ4n) is 2.45. The summed E-state index contributed by atoms with van der Waals surface area (Å²) in [5, 5.41) is 2.98. The first-order chi connectivity index (χ1) is 10.0. The minimum absolute atomic E-state index is 0. The van der Waals surface area contributed by atoms with Crippen LogP contribution >= 0.6 is 12.4 Å². The molecule has 5 heteroatoms. The summed E-state index contributed by atoms with van der Waals surface area (Å²) >= 11 is 0. The maximum atomic E-state index is 12.1. The van der Waals surface area contributed by atoms with Gasteiger partial charge in [0.25, 0.3) is 0 Å². The number of carbonyl (C=O) groups is 1. The number of carbonyl (C=O) groups excluding carboxylic acids is 1. The van der Waals surface area contributed by atoms with Crippen LogP contribution in [0.2, 0.25) is 0 Å². The molecular weight excluding hydrogens is 300 g/mol. The summed E-state index contributed by atoms with van der Waals surface area (Å²) in [6, 6.07) is 3.99. The zero-order valence-electron chi connectivity index (χ0n) is 14.4. The largest absolute Gasteiger partial charge is 0.495 e. The minimum atomic E-state index is 0. The van der Waals surface area contributed by atoms with Gasteiger partial charge in [-0.3, -0.25) is 4.79 Å². The predicted molar refractivity (Wildman–Crippen MR) is 95.4 cm³/mol. The standard InChI is InChI=1S/C17H28N2O2.ClH/c1-6-19(7-2)10-8-9-16(20)18-17-14(4)11-13(3)12-15(17)21-5;/h11-12H,6-10H2,1-5H3,(H,18,20);1H. The maximum Gasteiger partial charge on any atom is 0.224 e. The Labute approximate surface area is 140 Å². The lowest BCUT2D eigenvalue weighted by Crippen LogP contribution is -2.25. The Bertz CT molecular complexity index is 474. The molecule has 0 saturated heterocycles. The second kappa shape index (κ2) is 10.5. The Hall–Kier alpha value is -1.26. The van der Waals surface area contributed by atoms with Crippen LogP contribution in [0, 0.1) is 13.8 Å².